The number of aliphatic hydroxyl groups is 1. The monoisotopic (exact) mass is 533 g/mol. The Labute approximate surface area is 235 Å². The second-order valence-electron chi connectivity index (χ2n) is 12.7. The molecule has 1 unspecified atom stereocenters. The Morgan fingerprint density at radius 3 is 2.64 bits per heavy atom. The SMILES string of the molecule is C=CC[N@@+]1(CC(C)C)CC[C@]2(c3cccc(O)c3)C[C@@H](NC(=O)CCCCCc3ccccc3)CCC2(O)C1. The number of phenolic OH excluding ortho intramolecular Hbond substituents is 1. The molecule has 1 saturated carbocycles. The van der Waals surface area contributed by atoms with Gasteiger partial charge in [-0.2, -0.15) is 0 Å². The molecule has 2 aliphatic rings. The van der Waals surface area contributed by atoms with Gasteiger partial charge in [0.1, 0.15) is 17.9 Å². The van der Waals surface area contributed by atoms with E-state index in [-0.39, 0.29) is 17.7 Å². The number of fused-ring (bicyclic) bond motifs is 1. The van der Waals surface area contributed by atoms with Gasteiger partial charge in [0, 0.05) is 30.2 Å². The molecule has 1 amide bonds. The van der Waals surface area contributed by atoms with Gasteiger partial charge in [0.15, 0.2) is 0 Å². The standard InChI is InChI=1S/C34H48N2O3/c1-4-21-36(25-27(2)3)22-20-33(29-15-11-16-31(37)23-29)24-30(18-19-34(33,39)26-36)35-32(38)17-10-6-9-14-28-12-7-5-8-13-28/h4-5,7-8,11-13,15-16,23,27,30,39H,1,6,9-10,14,17-22,24-26H2,2-3H3,(H-,35,37,38)/p+1/t30-,33+,34?,36-/m0/s1. The number of carbonyl (C=O) groups excluding carboxylic acids is 1. The van der Waals surface area contributed by atoms with E-state index in [9.17, 15) is 15.0 Å². The maximum absolute atomic E-state index is 13.0. The highest BCUT2D eigenvalue weighted by Gasteiger charge is 2.62. The molecule has 1 aliphatic heterocycles. The minimum absolute atomic E-state index is 0.0222. The van der Waals surface area contributed by atoms with Gasteiger partial charge in [-0.05, 0) is 67.9 Å². The molecule has 1 saturated heterocycles. The number of likely N-dealkylation sites (tertiary alicyclic amines) is 1. The lowest BCUT2D eigenvalue weighted by Crippen LogP contribution is -2.72. The van der Waals surface area contributed by atoms with Crippen LogP contribution in [-0.4, -0.2) is 58.4 Å². The van der Waals surface area contributed by atoms with Gasteiger partial charge in [-0.3, -0.25) is 4.79 Å². The molecule has 0 radical (unpaired) electrons. The number of hydrogen-bond acceptors (Lipinski definition) is 3. The van der Waals surface area contributed by atoms with E-state index in [1.165, 1.54) is 5.56 Å². The number of phenols is 1. The maximum atomic E-state index is 13.0. The van der Waals surface area contributed by atoms with E-state index in [0.29, 0.717) is 31.7 Å². The molecule has 4 atom stereocenters. The fourth-order valence-electron chi connectivity index (χ4n) is 7.62. The Morgan fingerprint density at radius 1 is 1.13 bits per heavy atom. The molecule has 0 spiro atoms. The molecule has 5 nitrogen and oxygen atoms in total. The molecule has 212 valence electrons. The highest BCUT2D eigenvalue weighted by Crippen LogP contribution is 2.53. The fraction of sp³-hybridized carbons (Fsp3) is 0.559. The molecule has 2 aromatic carbocycles. The van der Waals surface area contributed by atoms with Crippen molar-refractivity contribution in [1.29, 1.82) is 0 Å². The molecule has 4 rings (SSSR count). The Balaban J connectivity index is 1.43. The van der Waals surface area contributed by atoms with Crippen LogP contribution in [0.2, 0.25) is 0 Å². The summed E-state index contributed by atoms with van der Waals surface area (Å²) in [4.78, 5) is 13.0. The molecule has 2 aromatic rings. The fourth-order valence-corrected chi connectivity index (χ4v) is 7.62. The zero-order valence-electron chi connectivity index (χ0n) is 24.1. The Bertz CT molecular complexity index is 1100. The number of nitrogens with one attached hydrogen (secondary N) is 1. The molecule has 0 bridgehead atoms. The molecule has 5 heteroatoms. The Kier molecular flexibility index (Phi) is 9.56. The van der Waals surface area contributed by atoms with Crippen molar-refractivity contribution in [2.24, 2.45) is 5.92 Å². The van der Waals surface area contributed by atoms with Crippen molar-refractivity contribution in [3.63, 3.8) is 0 Å². The highest BCUT2D eigenvalue weighted by molar-refractivity contribution is 5.76. The minimum Gasteiger partial charge on any atom is -0.508 e. The smallest absolute Gasteiger partial charge is 0.220 e. The average molecular weight is 534 g/mol. The number of quaternary nitrogens is 1. The average Bonchev–Trinajstić information content (AvgIpc) is 2.89. The summed E-state index contributed by atoms with van der Waals surface area (Å²) in [7, 11) is 0. The first-order valence-corrected chi connectivity index (χ1v) is 15.0. The lowest BCUT2D eigenvalue weighted by Gasteiger charge is -2.60. The van der Waals surface area contributed by atoms with Crippen LogP contribution in [0.3, 0.4) is 0 Å². The van der Waals surface area contributed by atoms with E-state index in [1.54, 1.807) is 6.07 Å². The van der Waals surface area contributed by atoms with E-state index >= 15 is 0 Å². The van der Waals surface area contributed by atoms with Crippen LogP contribution in [0.1, 0.15) is 76.3 Å². The number of benzene rings is 2. The second-order valence-corrected chi connectivity index (χ2v) is 12.7. The predicted octanol–water partition coefficient (Wildman–Crippen LogP) is 5.90. The quantitative estimate of drug-likeness (QED) is 0.181. The number of amides is 1. The number of piperidine rings is 1. The van der Waals surface area contributed by atoms with E-state index in [0.717, 1.165) is 68.2 Å². The zero-order chi connectivity index (χ0) is 27.9. The first-order chi connectivity index (χ1) is 18.7. The summed E-state index contributed by atoms with van der Waals surface area (Å²) in [6.07, 6.45) is 9.55. The van der Waals surface area contributed by atoms with Crippen molar-refractivity contribution in [2.75, 3.05) is 26.2 Å². The van der Waals surface area contributed by atoms with Crippen molar-refractivity contribution in [2.45, 2.75) is 88.7 Å². The van der Waals surface area contributed by atoms with Crippen molar-refractivity contribution in [3.8, 4) is 5.75 Å². The third-order valence-corrected chi connectivity index (χ3v) is 9.25. The van der Waals surface area contributed by atoms with Gasteiger partial charge in [0.05, 0.1) is 19.6 Å². The number of nitrogens with zero attached hydrogens (tertiary/aromatic N) is 1. The molecule has 1 heterocycles. The number of unbranched alkanes of at least 4 members (excludes halogenated alkanes) is 2. The van der Waals surface area contributed by atoms with Crippen LogP contribution >= 0.6 is 0 Å². The van der Waals surface area contributed by atoms with Crippen molar-refractivity contribution < 1.29 is 19.5 Å². The van der Waals surface area contributed by atoms with Crippen LogP contribution in [0.4, 0.5) is 0 Å². The van der Waals surface area contributed by atoms with Gasteiger partial charge in [0.2, 0.25) is 5.91 Å². The Hall–Kier alpha value is -2.63. The van der Waals surface area contributed by atoms with E-state index in [1.807, 2.05) is 24.3 Å². The van der Waals surface area contributed by atoms with Crippen molar-refractivity contribution in [1.82, 2.24) is 5.32 Å². The van der Waals surface area contributed by atoms with Crippen LogP contribution in [0.25, 0.3) is 0 Å². The van der Waals surface area contributed by atoms with E-state index < -0.39 is 11.0 Å². The van der Waals surface area contributed by atoms with Crippen LogP contribution in [0, 0.1) is 5.92 Å². The Morgan fingerprint density at radius 2 is 1.92 bits per heavy atom. The summed E-state index contributed by atoms with van der Waals surface area (Å²) in [5.41, 5.74) is 0.934. The normalized spacial score (nSPS) is 28.6. The lowest BCUT2D eigenvalue weighted by molar-refractivity contribution is -0.938. The molecule has 39 heavy (non-hydrogen) atoms. The van der Waals surface area contributed by atoms with Gasteiger partial charge < -0.3 is 20.0 Å². The van der Waals surface area contributed by atoms with Gasteiger partial charge in [-0.25, -0.2) is 0 Å². The molecule has 3 N–H and O–H groups in total. The number of hydrogen-bond donors (Lipinski definition) is 3. The molecule has 2 fully saturated rings. The van der Waals surface area contributed by atoms with Crippen molar-refractivity contribution >= 4 is 5.91 Å². The largest absolute Gasteiger partial charge is 0.508 e. The molecule has 1 aliphatic carbocycles. The summed E-state index contributed by atoms with van der Waals surface area (Å²) < 4.78 is 0.845. The topological polar surface area (TPSA) is 69.6 Å². The molecule has 0 aromatic heterocycles. The highest BCUT2D eigenvalue weighted by atomic mass is 16.3. The summed E-state index contributed by atoms with van der Waals surface area (Å²) in [6.45, 7) is 12.0. The van der Waals surface area contributed by atoms with Gasteiger partial charge in [0.25, 0.3) is 0 Å². The van der Waals surface area contributed by atoms with Crippen LogP contribution in [-0.2, 0) is 16.6 Å². The summed E-state index contributed by atoms with van der Waals surface area (Å²) >= 11 is 0. The van der Waals surface area contributed by atoms with Crippen molar-refractivity contribution in [3.05, 3.63) is 78.4 Å². The third-order valence-electron chi connectivity index (χ3n) is 9.25. The summed E-state index contributed by atoms with van der Waals surface area (Å²) in [5.74, 6) is 0.860. The third kappa shape index (κ3) is 6.93. The number of aryl methyl sites for hydroxylation is 1. The number of rotatable bonds is 12. The number of aromatic hydroxyl groups is 1. The van der Waals surface area contributed by atoms with Gasteiger partial charge >= 0.3 is 0 Å². The second kappa shape index (κ2) is 12.7. The van der Waals surface area contributed by atoms with E-state index in [4.69, 9.17) is 0 Å². The van der Waals surface area contributed by atoms with Gasteiger partial charge in [-0.1, -0.05) is 69.3 Å². The number of carbonyl (C=O) groups is 1. The van der Waals surface area contributed by atoms with Gasteiger partial charge in [-0.15, -0.1) is 0 Å². The first kappa shape index (κ1) is 29.4. The summed E-state index contributed by atoms with van der Waals surface area (Å²) in [5, 5.41) is 26.2. The van der Waals surface area contributed by atoms with E-state index in [2.05, 4.69) is 56.1 Å². The molecular weight excluding hydrogens is 484 g/mol. The van der Waals surface area contributed by atoms with Crippen LogP contribution in [0.5, 0.6) is 5.75 Å². The van der Waals surface area contributed by atoms with Crippen LogP contribution in [0.15, 0.2) is 67.3 Å². The first-order valence-electron chi connectivity index (χ1n) is 15.0. The lowest BCUT2D eigenvalue weighted by atomic mass is 9.54. The minimum atomic E-state index is -0.907. The van der Waals surface area contributed by atoms with Crippen LogP contribution < -0.4 is 5.32 Å². The maximum Gasteiger partial charge on any atom is 0.220 e. The predicted molar refractivity (Wildman–Crippen MR) is 159 cm³/mol. The zero-order valence-corrected chi connectivity index (χ0v) is 24.1. The summed E-state index contributed by atoms with van der Waals surface area (Å²) in [6, 6.07) is 18.0. The molecular formula is C34H49N2O3+.